The molecule has 0 N–H and O–H groups in total. The molecule has 1 rings (SSSR count). The van der Waals surface area contributed by atoms with E-state index in [1.165, 1.54) is 6.07 Å². The van der Waals surface area contributed by atoms with Gasteiger partial charge in [-0.05, 0) is 30.1 Å². The number of hydrogen-bond donors (Lipinski definition) is 0. The number of para-hydroxylation sites is 1. The molecule has 3 nitrogen and oxygen atoms in total. The van der Waals surface area contributed by atoms with Crippen LogP contribution in [0.15, 0.2) is 29.2 Å². The standard InChI is InChI=1S/C8H10O3S.Li/c1-2-11-7-5-3-4-6-8(7)12(9)10;/h3-6H,2H2,1H3,(H,9,10);/q;+1/p-1. The molecule has 0 aromatic heterocycles. The molecule has 0 bridgehead atoms. The molecule has 0 heterocycles. The van der Waals surface area contributed by atoms with E-state index in [-0.39, 0.29) is 23.8 Å². The topological polar surface area (TPSA) is 49.4 Å². The summed E-state index contributed by atoms with van der Waals surface area (Å²) in [7, 11) is 0. The van der Waals surface area contributed by atoms with Crippen LogP contribution in [0.3, 0.4) is 0 Å². The predicted molar refractivity (Wildman–Crippen MR) is 44.8 cm³/mol. The van der Waals surface area contributed by atoms with E-state index in [2.05, 4.69) is 0 Å². The second-order valence-corrected chi connectivity index (χ2v) is 3.02. The third-order valence-electron chi connectivity index (χ3n) is 1.33. The molecule has 13 heavy (non-hydrogen) atoms. The van der Waals surface area contributed by atoms with Crippen molar-refractivity contribution in [1.29, 1.82) is 0 Å². The van der Waals surface area contributed by atoms with Crippen molar-refractivity contribution in [3.63, 3.8) is 0 Å². The van der Waals surface area contributed by atoms with Crippen molar-refractivity contribution in [3.05, 3.63) is 24.3 Å². The van der Waals surface area contributed by atoms with Gasteiger partial charge in [0.15, 0.2) is 0 Å². The van der Waals surface area contributed by atoms with Gasteiger partial charge in [0, 0.05) is 0 Å². The quantitative estimate of drug-likeness (QED) is 0.425. The summed E-state index contributed by atoms with van der Waals surface area (Å²) in [5.41, 5.74) is 0. The zero-order chi connectivity index (χ0) is 8.97. The average Bonchev–Trinajstić information content (AvgIpc) is 2.05. The second kappa shape index (κ2) is 6.22. The van der Waals surface area contributed by atoms with Gasteiger partial charge in [0.25, 0.3) is 0 Å². The molecule has 1 unspecified atom stereocenters. The minimum absolute atomic E-state index is 0. The molecule has 0 aliphatic heterocycles. The Morgan fingerprint density at radius 2 is 2.08 bits per heavy atom. The van der Waals surface area contributed by atoms with Gasteiger partial charge >= 0.3 is 18.9 Å². The smallest absolute Gasteiger partial charge is 0.768 e. The minimum Gasteiger partial charge on any atom is -0.768 e. The van der Waals surface area contributed by atoms with Crippen molar-refractivity contribution in [3.8, 4) is 5.75 Å². The van der Waals surface area contributed by atoms with E-state index in [0.29, 0.717) is 12.4 Å². The Morgan fingerprint density at radius 3 is 2.62 bits per heavy atom. The maximum absolute atomic E-state index is 10.6. The van der Waals surface area contributed by atoms with E-state index in [1.54, 1.807) is 18.2 Å². The van der Waals surface area contributed by atoms with Crippen molar-refractivity contribution in [1.82, 2.24) is 0 Å². The van der Waals surface area contributed by atoms with Gasteiger partial charge in [-0.1, -0.05) is 12.1 Å². The molecule has 0 amide bonds. The summed E-state index contributed by atoms with van der Waals surface area (Å²) in [4.78, 5) is 0.208. The van der Waals surface area contributed by atoms with Crippen LogP contribution in [-0.4, -0.2) is 15.4 Å². The predicted octanol–water partition coefficient (Wildman–Crippen LogP) is -1.67. The van der Waals surface area contributed by atoms with Gasteiger partial charge in [-0.25, -0.2) is 0 Å². The Labute approximate surface area is 91.9 Å². The molecule has 0 saturated carbocycles. The van der Waals surface area contributed by atoms with Crippen molar-refractivity contribution < 1.29 is 32.4 Å². The first-order valence-electron chi connectivity index (χ1n) is 3.56. The first kappa shape index (κ1) is 12.7. The van der Waals surface area contributed by atoms with Gasteiger partial charge < -0.3 is 9.29 Å². The van der Waals surface area contributed by atoms with Crippen LogP contribution in [0.4, 0.5) is 0 Å². The molecule has 1 aromatic rings. The van der Waals surface area contributed by atoms with Crippen molar-refractivity contribution in [2.24, 2.45) is 0 Å². The van der Waals surface area contributed by atoms with E-state index in [9.17, 15) is 8.76 Å². The summed E-state index contributed by atoms with van der Waals surface area (Å²) < 4.78 is 26.3. The fourth-order valence-corrected chi connectivity index (χ4v) is 1.34. The Kier molecular flexibility index (Phi) is 6.09. The van der Waals surface area contributed by atoms with Crippen LogP contribution in [0, 0.1) is 0 Å². The van der Waals surface area contributed by atoms with Crippen LogP contribution in [-0.2, 0) is 11.1 Å². The van der Waals surface area contributed by atoms with Crippen molar-refractivity contribution in [2.45, 2.75) is 11.8 Å². The maximum atomic E-state index is 10.6. The zero-order valence-electron chi connectivity index (χ0n) is 7.65. The summed E-state index contributed by atoms with van der Waals surface area (Å²) in [5.74, 6) is 0.410. The van der Waals surface area contributed by atoms with Crippen LogP contribution in [0.1, 0.15) is 6.92 Å². The Morgan fingerprint density at radius 1 is 1.46 bits per heavy atom. The Bertz CT molecular complexity index is 290. The van der Waals surface area contributed by atoms with Crippen LogP contribution < -0.4 is 23.6 Å². The van der Waals surface area contributed by atoms with E-state index in [1.807, 2.05) is 6.92 Å². The van der Waals surface area contributed by atoms with Crippen LogP contribution >= 0.6 is 0 Å². The third kappa shape index (κ3) is 3.53. The molecule has 0 spiro atoms. The van der Waals surface area contributed by atoms with Gasteiger partial charge in [0.1, 0.15) is 5.75 Å². The summed E-state index contributed by atoms with van der Waals surface area (Å²) in [6, 6.07) is 6.54. The second-order valence-electron chi connectivity index (χ2n) is 2.11. The summed E-state index contributed by atoms with van der Waals surface area (Å²) in [6.45, 7) is 2.28. The third-order valence-corrected chi connectivity index (χ3v) is 2.02. The van der Waals surface area contributed by atoms with Gasteiger partial charge in [-0.15, -0.1) is 0 Å². The molecule has 66 valence electrons. The average molecular weight is 192 g/mol. The SMILES string of the molecule is CCOc1ccccc1S(=O)[O-].[Li+]. The molecule has 1 atom stereocenters. The van der Waals surface area contributed by atoms with Gasteiger partial charge in [-0.2, -0.15) is 0 Å². The number of rotatable bonds is 3. The Hall–Kier alpha value is -0.273. The zero-order valence-corrected chi connectivity index (χ0v) is 8.47. The van der Waals surface area contributed by atoms with Gasteiger partial charge in [-0.3, -0.25) is 4.21 Å². The molecule has 1 aromatic carbocycles. The summed E-state index contributed by atoms with van der Waals surface area (Å²) in [5, 5.41) is 0. The summed E-state index contributed by atoms with van der Waals surface area (Å²) >= 11 is -2.22. The van der Waals surface area contributed by atoms with Crippen LogP contribution in [0.25, 0.3) is 0 Å². The number of hydrogen-bond acceptors (Lipinski definition) is 3. The molecule has 0 fully saturated rings. The molecular weight excluding hydrogens is 183 g/mol. The van der Waals surface area contributed by atoms with E-state index >= 15 is 0 Å². The van der Waals surface area contributed by atoms with Gasteiger partial charge in [0.05, 0.1) is 11.5 Å². The first-order chi connectivity index (χ1) is 5.75. The van der Waals surface area contributed by atoms with E-state index in [0.717, 1.165) is 0 Å². The maximum Gasteiger partial charge on any atom is 1.00 e. The van der Waals surface area contributed by atoms with Crippen LogP contribution in [0.2, 0.25) is 0 Å². The van der Waals surface area contributed by atoms with Crippen molar-refractivity contribution in [2.75, 3.05) is 6.61 Å². The van der Waals surface area contributed by atoms with Crippen molar-refractivity contribution >= 4 is 11.1 Å². The van der Waals surface area contributed by atoms with Crippen LogP contribution in [0.5, 0.6) is 5.75 Å². The normalized spacial score (nSPS) is 11.5. The largest absolute Gasteiger partial charge is 1.00 e. The number of benzene rings is 1. The fourth-order valence-electron chi connectivity index (χ4n) is 0.863. The molecule has 0 aliphatic carbocycles. The number of ether oxygens (including phenoxy) is 1. The fraction of sp³-hybridized carbons (Fsp3) is 0.250. The monoisotopic (exact) mass is 192 g/mol. The molecular formula is C8H9LiO3S. The molecule has 0 saturated heterocycles. The molecule has 5 heteroatoms. The Balaban J connectivity index is 0.00000144. The molecule has 0 radical (unpaired) electrons. The first-order valence-corrected chi connectivity index (χ1v) is 4.64. The summed E-state index contributed by atoms with van der Waals surface area (Å²) in [6.07, 6.45) is 0. The van der Waals surface area contributed by atoms with Gasteiger partial charge in [0.2, 0.25) is 0 Å². The van der Waals surface area contributed by atoms with E-state index < -0.39 is 11.1 Å². The molecule has 0 aliphatic rings. The minimum atomic E-state index is -2.22. The van der Waals surface area contributed by atoms with E-state index in [4.69, 9.17) is 4.74 Å².